The number of nitrogens with zero attached hydrogens (tertiary/aromatic N) is 1. The minimum atomic E-state index is -4.16. The van der Waals surface area contributed by atoms with Crippen molar-refractivity contribution in [2.24, 2.45) is 5.14 Å². The van der Waals surface area contributed by atoms with E-state index in [0.717, 1.165) is 15.4 Å². The van der Waals surface area contributed by atoms with Crippen molar-refractivity contribution in [1.29, 1.82) is 0 Å². The van der Waals surface area contributed by atoms with Crippen molar-refractivity contribution in [2.75, 3.05) is 0 Å². The Morgan fingerprint density at radius 3 is 2.17 bits per heavy atom. The van der Waals surface area contributed by atoms with Gasteiger partial charge in [0.2, 0.25) is 5.91 Å². The van der Waals surface area contributed by atoms with Gasteiger partial charge in [-0.05, 0) is 25.0 Å². The summed E-state index contributed by atoms with van der Waals surface area (Å²) in [6.07, 6.45) is -0.0200. The highest BCUT2D eigenvalue weighted by Gasteiger charge is 2.30. The van der Waals surface area contributed by atoms with Gasteiger partial charge < -0.3 is 0 Å². The zero-order valence-corrected chi connectivity index (χ0v) is 14.0. The molecule has 0 heterocycles. The quantitative estimate of drug-likeness (QED) is 0.912. The first-order valence-electron chi connectivity index (χ1n) is 7.24. The maximum absolute atomic E-state index is 12.5. The molecule has 2 aromatic carbocycles. The van der Waals surface area contributed by atoms with E-state index in [2.05, 4.69) is 0 Å². The molecule has 2 rings (SSSR count). The lowest BCUT2D eigenvalue weighted by Crippen LogP contribution is -2.43. The maximum Gasteiger partial charge on any atom is 0.301 e. The van der Waals surface area contributed by atoms with Gasteiger partial charge >= 0.3 is 10.2 Å². The number of amides is 1. The van der Waals surface area contributed by atoms with Crippen LogP contribution in [0, 0.1) is 6.92 Å². The molecule has 1 atom stereocenters. The summed E-state index contributed by atoms with van der Waals surface area (Å²) in [5.74, 6) is -0.548. The summed E-state index contributed by atoms with van der Waals surface area (Å²) < 4.78 is 24.6. The second-order valence-corrected chi connectivity index (χ2v) is 6.91. The Kier molecular flexibility index (Phi) is 5.18. The lowest BCUT2D eigenvalue weighted by molar-refractivity contribution is -0.127. The van der Waals surface area contributed by atoms with Gasteiger partial charge in [0.05, 0.1) is 12.5 Å². The summed E-state index contributed by atoms with van der Waals surface area (Å²) in [4.78, 5) is 12.5. The van der Waals surface area contributed by atoms with Crippen LogP contribution in [0.15, 0.2) is 54.6 Å². The molecule has 6 heteroatoms. The second kappa shape index (κ2) is 6.93. The molecule has 5 nitrogen and oxygen atoms in total. The molecule has 2 N–H and O–H groups in total. The summed E-state index contributed by atoms with van der Waals surface area (Å²) in [6.45, 7) is 3.59. The van der Waals surface area contributed by atoms with Crippen LogP contribution >= 0.6 is 0 Å². The van der Waals surface area contributed by atoms with E-state index in [1.165, 1.54) is 0 Å². The van der Waals surface area contributed by atoms with Crippen molar-refractivity contribution in [3.8, 4) is 0 Å². The minimum Gasteiger partial charge on any atom is -0.273 e. The lowest BCUT2D eigenvalue weighted by atomic mass is 10.1. The highest BCUT2D eigenvalue weighted by atomic mass is 32.2. The Hall–Kier alpha value is -2.18. The van der Waals surface area contributed by atoms with Crippen LogP contribution in [0.3, 0.4) is 0 Å². The Labute approximate surface area is 136 Å². The summed E-state index contributed by atoms with van der Waals surface area (Å²) in [5, 5.41) is 5.27. The van der Waals surface area contributed by atoms with Crippen molar-refractivity contribution < 1.29 is 13.2 Å². The van der Waals surface area contributed by atoms with Crippen LogP contribution in [0.2, 0.25) is 0 Å². The number of carbonyl (C=O) groups excluding carboxylic acids is 1. The van der Waals surface area contributed by atoms with Crippen LogP contribution in [0.25, 0.3) is 0 Å². The summed E-state index contributed by atoms with van der Waals surface area (Å²) in [7, 11) is -4.16. The molecule has 0 radical (unpaired) electrons. The number of aryl methyl sites for hydroxylation is 1. The molecule has 0 aromatic heterocycles. The lowest BCUT2D eigenvalue weighted by Gasteiger charge is -2.27. The molecule has 23 heavy (non-hydrogen) atoms. The molecule has 1 unspecified atom stereocenters. The van der Waals surface area contributed by atoms with Crippen molar-refractivity contribution >= 4 is 16.1 Å². The Morgan fingerprint density at radius 2 is 1.65 bits per heavy atom. The minimum absolute atomic E-state index is 0.0200. The van der Waals surface area contributed by atoms with Gasteiger partial charge in [-0.25, -0.2) is 9.44 Å². The molecule has 0 aliphatic carbocycles. The van der Waals surface area contributed by atoms with E-state index in [9.17, 15) is 13.2 Å². The van der Waals surface area contributed by atoms with Crippen molar-refractivity contribution in [3.63, 3.8) is 0 Å². The third-order valence-electron chi connectivity index (χ3n) is 3.63. The van der Waals surface area contributed by atoms with Crippen LogP contribution in [-0.2, 0) is 21.4 Å². The zero-order chi connectivity index (χ0) is 17.0. The molecule has 122 valence electrons. The molecule has 0 saturated carbocycles. The first-order valence-corrected chi connectivity index (χ1v) is 8.75. The smallest absolute Gasteiger partial charge is 0.273 e. The van der Waals surface area contributed by atoms with E-state index >= 15 is 0 Å². The fourth-order valence-electron chi connectivity index (χ4n) is 2.40. The van der Waals surface area contributed by atoms with Gasteiger partial charge in [-0.2, -0.15) is 8.42 Å². The highest BCUT2D eigenvalue weighted by molar-refractivity contribution is 7.87. The topological polar surface area (TPSA) is 80.5 Å². The van der Waals surface area contributed by atoms with Gasteiger partial charge in [-0.3, -0.25) is 4.79 Å². The van der Waals surface area contributed by atoms with Crippen LogP contribution < -0.4 is 5.14 Å². The highest BCUT2D eigenvalue weighted by Crippen LogP contribution is 2.23. The molecule has 0 spiro atoms. The number of hydrogen-bond acceptors (Lipinski definition) is 3. The molecular weight excluding hydrogens is 312 g/mol. The van der Waals surface area contributed by atoms with E-state index < -0.39 is 22.2 Å². The van der Waals surface area contributed by atoms with Crippen LogP contribution in [0.1, 0.15) is 29.7 Å². The predicted octanol–water partition coefficient (Wildman–Crippen LogP) is 2.33. The molecule has 0 saturated heterocycles. The monoisotopic (exact) mass is 332 g/mol. The normalized spacial score (nSPS) is 12.7. The van der Waals surface area contributed by atoms with E-state index in [-0.39, 0.29) is 6.42 Å². The van der Waals surface area contributed by atoms with Crippen LogP contribution in [0.4, 0.5) is 0 Å². The third-order valence-corrected chi connectivity index (χ3v) is 4.70. The molecule has 1 amide bonds. The van der Waals surface area contributed by atoms with Gasteiger partial charge in [0.1, 0.15) is 0 Å². The standard InChI is InChI=1S/C17H20N2O3S/c1-13-8-10-15(11-9-13)12-17(20)19(23(18,21)22)14(2)16-6-4-3-5-7-16/h3-11,14H,12H2,1-2H3,(H2,18,21,22). The van der Waals surface area contributed by atoms with Crippen molar-refractivity contribution in [2.45, 2.75) is 26.3 Å². The first kappa shape index (κ1) is 17.2. The number of benzene rings is 2. The van der Waals surface area contributed by atoms with E-state index in [1.54, 1.807) is 31.2 Å². The van der Waals surface area contributed by atoms with Gasteiger partial charge in [-0.15, -0.1) is 0 Å². The van der Waals surface area contributed by atoms with E-state index in [1.807, 2.05) is 37.3 Å². The van der Waals surface area contributed by atoms with Gasteiger partial charge in [-0.1, -0.05) is 60.2 Å². The largest absolute Gasteiger partial charge is 0.301 e. The Balaban J connectivity index is 2.28. The molecule has 2 aromatic rings. The van der Waals surface area contributed by atoms with Gasteiger partial charge in [0.15, 0.2) is 0 Å². The summed E-state index contributed by atoms with van der Waals surface area (Å²) in [6, 6.07) is 15.6. The second-order valence-electron chi connectivity index (χ2n) is 5.48. The average molecular weight is 332 g/mol. The number of hydrogen-bond donors (Lipinski definition) is 1. The van der Waals surface area contributed by atoms with E-state index in [4.69, 9.17) is 5.14 Å². The van der Waals surface area contributed by atoms with Gasteiger partial charge in [0.25, 0.3) is 0 Å². The maximum atomic E-state index is 12.5. The third kappa shape index (κ3) is 4.40. The Bertz CT molecular complexity index is 771. The van der Waals surface area contributed by atoms with E-state index in [0.29, 0.717) is 5.56 Å². The molecule has 0 aliphatic rings. The van der Waals surface area contributed by atoms with Crippen molar-refractivity contribution in [3.05, 3.63) is 71.3 Å². The molecule has 0 aliphatic heterocycles. The van der Waals surface area contributed by atoms with Crippen molar-refractivity contribution in [1.82, 2.24) is 4.31 Å². The van der Waals surface area contributed by atoms with Crippen LogP contribution in [-0.4, -0.2) is 18.6 Å². The average Bonchev–Trinajstić information content (AvgIpc) is 2.49. The van der Waals surface area contributed by atoms with Crippen LogP contribution in [0.5, 0.6) is 0 Å². The van der Waals surface area contributed by atoms with Gasteiger partial charge in [0, 0.05) is 0 Å². The number of nitrogens with two attached hydrogens (primary N) is 1. The SMILES string of the molecule is Cc1ccc(CC(=O)N(C(C)c2ccccc2)S(N)(=O)=O)cc1. The predicted molar refractivity (Wildman–Crippen MR) is 89.7 cm³/mol. The number of carbonyl (C=O) groups is 1. The molecule has 0 bridgehead atoms. The first-order chi connectivity index (χ1) is 10.8. The number of rotatable bonds is 5. The summed E-state index contributed by atoms with van der Waals surface area (Å²) >= 11 is 0. The fourth-order valence-corrected chi connectivity index (χ4v) is 3.31. The zero-order valence-electron chi connectivity index (χ0n) is 13.1. The molecular formula is C17H20N2O3S. The Morgan fingerprint density at radius 1 is 1.09 bits per heavy atom. The summed E-state index contributed by atoms with van der Waals surface area (Å²) in [5.41, 5.74) is 2.52. The molecule has 0 fully saturated rings. The fraction of sp³-hybridized carbons (Fsp3) is 0.235.